The zero-order valence-corrected chi connectivity index (χ0v) is 53.5. The lowest BCUT2D eigenvalue weighted by Gasteiger charge is -2.49. The summed E-state index contributed by atoms with van der Waals surface area (Å²) in [7, 11) is 0. The number of nitrogens with zero attached hydrogens (tertiary/aromatic N) is 3. The summed E-state index contributed by atoms with van der Waals surface area (Å²) >= 11 is 0. The quantitative estimate of drug-likeness (QED) is 0.154. The van der Waals surface area contributed by atoms with Gasteiger partial charge in [0.15, 0.2) is 0 Å². The third kappa shape index (κ3) is 9.15. The van der Waals surface area contributed by atoms with Crippen molar-refractivity contribution < 1.29 is 0 Å². The van der Waals surface area contributed by atoms with E-state index in [1.54, 1.807) is 0 Å². The fourth-order valence-electron chi connectivity index (χ4n) is 14.4. The molecule has 0 bridgehead atoms. The SMILES string of the molecule is Cc1cc(C(C)(C)C)ccc1N1B2c3cc4c(cc3N(c3ccc(C(C)(C)C)cc3-c3ccccc3)c3cc5ccccc5c(c32)-c2ccc(N(c3ccc(C(C)(C)C)cc3)c3ccc(C(C)(C)C)cc3)cc21)C(C)(C)c1ccccc1C4(C)C. The number of anilines is 8. The minimum atomic E-state index is -0.294. The van der Waals surface area contributed by atoms with Crippen LogP contribution in [-0.2, 0) is 32.5 Å². The number of aryl methyl sites for hydroxylation is 1. The van der Waals surface area contributed by atoms with Crippen molar-refractivity contribution in [3.05, 3.63) is 250 Å². The Labute approximate surface area is 508 Å². The Balaban J connectivity index is 1.18. The minimum Gasteiger partial charge on any atom is -0.376 e. The standard InChI is InChI=1S/C81H84BN3/c1-51-45-56(78(8,9)10)35-43-69(51)85-71-48-60(83(58-37-31-54(32-38-58)76(2,3)4)59-39-33-55(34-40-59)77(5,6)7)41-42-62(71)74-61-28-22-21-27-53(61)46-73-75(74)82(85)68-49-66-67(81(16,17)65-30-24-23-29-64(65)80(66,14)15)50-72(68)84(73)70-44-36-57(79(11,12)13)47-63(70)52-25-19-18-20-26-52/h18-50H,1-17H3. The highest BCUT2D eigenvalue weighted by molar-refractivity contribution is 6.94. The molecular weight excluding hydrogens is 1030 g/mol. The molecule has 10 aromatic rings. The molecule has 1 aliphatic carbocycles. The van der Waals surface area contributed by atoms with Crippen LogP contribution in [0.2, 0.25) is 0 Å². The van der Waals surface area contributed by atoms with Crippen LogP contribution in [0.15, 0.2) is 200 Å². The van der Waals surface area contributed by atoms with Gasteiger partial charge in [-0.05, 0) is 178 Å². The number of fused-ring (bicyclic) bond motifs is 8. The molecule has 10 aromatic carbocycles. The van der Waals surface area contributed by atoms with Crippen LogP contribution in [0.1, 0.15) is 161 Å². The van der Waals surface area contributed by atoms with Crippen LogP contribution < -0.4 is 25.5 Å². The van der Waals surface area contributed by atoms with Crippen molar-refractivity contribution in [1.82, 2.24) is 0 Å². The van der Waals surface area contributed by atoms with Gasteiger partial charge in [0.25, 0.3) is 0 Å². The molecule has 0 spiro atoms. The van der Waals surface area contributed by atoms with Crippen LogP contribution in [0, 0.1) is 6.92 Å². The molecule has 3 aliphatic rings. The van der Waals surface area contributed by atoms with Crippen molar-refractivity contribution in [2.24, 2.45) is 0 Å². The summed E-state index contributed by atoms with van der Waals surface area (Å²) in [6, 6.07) is 78.0. The molecule has 0 saturated carbocycles. The van der Waals surface area contributed by atoms with E-state index in [9.17, 15) is 0 Å². The number of hydrogen-bond acceptors (Lipinski definition) is 3. The average molecular weight is 1110 g/mol. The summed E-state index contributed by atoms with van der Waals surface area (Å²) in [5, 5.41) is 2.48. The van der Waals surface area contributed by atoms with Crippen LogP contribution in [0.5, 0.6) is 0 Å². The Morgan fingerprint density at radius 1 is 0.376 bits per heavy atom. The van der Waals surface area contributed by atoms with Gasteiger partial charge in [-0.1, -0.05) is 244 Å². The molecule has 0 amide bonds. The maximum Gasteiger partial charge on any atom is 0.333 e. The number of rotatable bonds is 6. The molecule has 0 N–H and O–H groups in total. The first-order valence-corrected chi connectivity index (χ1v) is 31.0. The largest absolute Gasteiger partial charge is 0.376 e. The van der Waals surface area contributed by atoms with E-state index in [2.05, 4.69) is 333 Å². The second-order valence-corrected chi connectivity index (χ2v) is 30.0. The Kier molecular flexibility index (Phi) is 12.9. The summed E-state index contributed by atoms with van der Waals surface area (Å²) in [5.74, 6) is 0. The second-order valence-electron chi connectivity index (χ2n) is 30.0. The first-order chi connectivity index (χ1) is 40.1. The molecule has 0 atom stereocenters. The van der Waals surface area contributed by atoms with E-state index in [-0.39, 0.29) is 39.3 Å². The van der Waals surface area contributed by atoms with Crippen molar-refractivity contribution in [3.8, 4) is 22.3 Å². The molecule has 0 radical (unpaired) electrons. The van der Waals surface area contributed by atoms with Crippen molar-refractivity contribution in [3.63, 3.8) is 0 Å². The van der Waals surface area contributed by atoms with Crippen molar-refractivity contribution >= 4 is 74.0 Å². The fourth-order valence-corrected chi connectivity index (χ4v) is 14.4. The van der Waals surface area contributed by atoms with Gasteiger partial charge in [0.2, 0.25) is 0 Å². The molecular formula is C81H84BN3. The van der Waals surface area contributed by atoms with E-state index < -0.39 is 0 Å². The summed E-state index contributed by atoms with van der Waals surface area (Å²) in [5.41, 5.74) is 28.3. The van der Waals surface area contributed by atoms with E-state index in [0.29, 0.717) is 0 Å². The van der Waals surface area contributed by atoms with E-state index in [1.165, 1.54) is 122 Å². The summed E-state index contributed by atoms with van der Waals surface area (Å²) in [6.45, 7) is 39.8. The van der Waals surface area contributed by atoms with Gasteiger partial charge in [-0.2, -0.15) is 0 Å². The molecule has 0 aromatic heterocycles. The molecule has 13 rings (SSSR count). The van der Waals surface area contributed by atoms with Crippen LogP contribution in [0.25, 0.3) is 33.0 Å². The molecule has 2 aliphatic heterocycles. The molecule has 0 saturated heterocycles. The predicted molar refractivity (Wildman–Crippen MR) is 368 cm³/mol. The highest BCUT2D eigenvalue weighted by atomic mass is 15.2. The molecule has 0 unspecified atom stereocenters. The Morgan fingerprint density at radius 3 is 1.44 bits per heavy atom. The Morgan fingerprint density at radius 2 is 0.871 bits per heavy atom. The number of hydrogen-bond donors (Lipinski definition) is 0. The third-order valence-electron chi connectivity index (χ3n) is 19.4. The van der Waals surface area contributed by atoms with Crippen LogP contribution in [0.3, 0.4) is 0 Å². The van der Waals surface area contributed by atoms with Gasteiger partial charge in [0.1, 0.15) is 0 Å². The molecule has 2 heterocycles. The summed E-state index contributed by atoms with van der Waals surface area (Å²) in [6.07, 6.45) is 0. The second kappa shape index (κ2) is 19.5. The van der Waals surface area contributed by atoms with Gasteiger partial charge in [0, 0.05) is 61.8 Å². The first kappa shape index (κ1) is 56.1. The average Bonchev–Trinajstić information content (AvgIpc) is 1.16. The maximum absolute atomic E-state index is 2.77. The van der Waals surface area contributed by atoms with Crippen LogP contribution in [0.4, 0.5) is 45.5 Å². The molecule has 0 fully saturated rings. The fraction of sp³-hybridized carbons (Fsp3) is 0.284. The van der Waals surface area contributed by atoms with Crippen LogP contribution in [-0.4, -0.2) is 6.85 Å². The Bertz CT molecular complexity index is 4230. The van der Waals surface area contributed by atoms with E-state index in [4.69, 9.17) is 0 Å². The lowest BCUT2D eigenvalue weighted by Crippen LogP contribution is -2.62. The van der Waals surface area contributed by atoms with Crippen molar-refractivity contribution in [2.45, 2.75) is 150 Å². The Hall–Kier alpha value is -8.08. The molecule has 85 heavy (non-hydrogen) atoms. The van der Waals surface area contributed by atoms with Crippen LogP contribution >= 0.6 is 0 Å². The maximum atomic E-state index is 2.77. The lowest BCUT2D eigenvalue weighted by molar-refractivity contribution is 0.521. The number of benzene rings is 10. The van der Waals surface area contributed by atoms with Gasteiger partial charge < -0.3 is 14.6 Å². The molecule has 4 heteroatoms. The topological polar surface area (TPSA) is 9.72 Å². The highest BCUT2D eigenvalue weighted by Gasteiger charge is 2.50. The van der Waals surface area contributed by atoms with Gasteiger partial charge in [0.05, 0.1) is 5.69 Å². The summed E-state index contributed by atoms with van der Waals surface area (Å²) in [4.78, 5) is 7.94. The smallest absolute Gasteiger partial charge is 0.333 e. The van der Waals surface area contributed by atoms with E-state index in [0.717, 1.165) is 17.1 Å². The monoisotopic (exact) mass is 1110 g/mol. The lowest BCUT2D eigenvalue weighted by atomic mass is 9.42. The van der Waals surface area contributed by atoms with E-state index in [1.807, 2.05) is 0 Å². The van der Waals surface area contributed by atoms with E-state index >= 15 is 0 Å². The zero-order valence-electron chi connectivity index (χ0n) is 53.5. The summed E-state index contributed by atoms with van der Waals surface area (Å²) < 4.78 is 0. The predicted octanol–water partition coefficient (Wildman–Crippen LogP) is 21.1. The van der Waals surface area contributed by atoms with Crippen molar-refractivity contribution in [1.29, 1.82) is 0 Å². The molecule has 426 valence electrons. The highest BCUT2D eigenvalue weighted by Crippen LogP contribution is 2.56. The zero-order chi connectivity index (χ0) is 60.1. The van der Waals surface area contributed by atoms with Gasteiger partial charge in [-0.25, -0.2) is 0 Å². The van der Waals surface area contributed by atoms with Gasteiger partial charge >= 0.3 is 6.85 Å². The third-order valence-corrected chi connectivity index (χ3v) is 19.4. The normalized spacial score (nSPS) is 15.0. The van der Waals surface area contributed by atoms with Gasteiger partial charge in [-0.3, -0.25) is 0 Å². The minimum absolute atomic E-state index is 0.0118. The first-order valence-electron chi connectivity index (χ1n) is 31.0. The van der Waals surface area contributed by atoms with Gasteiger partial charge in [-0.15, -0.1) is 0 Å². The molecule has 3 nitrogen and oxygen atoms in total. The van der Waals surface area contributed by atoms with Crippen molar-refractivity contribution in [2.75, 3.05) is 14.6 Å².